The van der Waals surface area contributed by atoms with Crippen LogP contribution in [-0.2, 0) is 4.74 Å². The first-order valence-corrected chi connectivity index (χ1v) is 4.62. The lowest BCUT2D eigenvalue weighted by molar-refractivity contribution is -0.186. The summed E-state index contributed by atoms with van der Waals surface area (Å²) in [4.78, 5) is 3.96. The Morgan fingerprint density at radius 1 is 1.40 bits per heavy atom. The maximum Gasteiger partial charge on any atom is 0.411 e. The minimum absolute atomic E-state index is 0.465. The average molecular weight is 219 g/mol. The van der Waals surface area contributed by atoms with Gasteiger partial charge in [0.05, 0.1) is 11.8 Å². The zero-order valence-corrected chi connectivity index (χ0v) is 8.29. The second-order valence-corrected chi connectivity index (χ2v) is 3.08. The van der Waals surface area contributed by atoms with Crippen LogP contribution in [0.1, 0.15) is 25.1 Å². The highest BCUT2D eigenvalue weighted by atomic mass is 19.4. The Balaban J connectivity index is 2.58. The Hall–Kier alpha value is -1.10. The van der Waals surface area contributed by atoms with Crippen molar-refractivity contribution in [2.24, 2.45) is 0 Å². The number of aromatic nitrogens is 1. The summed E-state index contributed by atoms with van der Waals surface area (Å²) in [5.41, 5.74) is 0.532. The summed E-state index contributed by atoms with van der Waals surface area (Å²) in [6.45, 7) is 0.526. The molecule has 15 heavy (non-hydrogen) atoms. The highest BCUT2D eigenvalue weighted by Crippen LogP contribution is 2.23. The monoisotopic (exact) mass is 219 g/mol. The second kappa shape index (κ2) is 5.11. The van der Waals surface area contributed by atoms with Gasteiger partial charge in [-0.1, -0.05) is 13.0 Å². The molecule has 5 heteroatoms. The van der Waals surface area contributed by atoms with Crippen LogP contribution in [0, 0.1) is 0 Å². The van der Waals surface area contributed by atoms with Crippen LogP contribution in [-0.4, -0.2) is 17.8 Å². The van der Waals surface area contributed by atoms with Crippen molar-refractivity contribution in [1.82, 2.24) is 4.98 Å². The van der Waals surface area contributed by atoms with Gasteiger partial charge in [0.2, 0.25) is 0 Å². The van der Waals surface area contributed by atoms with Crippen molar-refractivity contribution < 1.29 is 17.9 Å². The summed E-state index contributed by atoms with van der Waals surface area (Å²) >= 11 is 0. The lowest BCUT2D eigenvalue weighted by Crippen LogP contribution is -2.19. The Kier molecular flexibility index (Phi) is 4.08. The average Bonchev–Trinajstić information content (AvgIpc) is 2.19. The quantitative estimate of drug-likeness (QED) is 0.776. The summed E-state index contributed by atoms with van der Waals surface area (Å²) in [6.07, 6.45) is -2.88. The van der Waals surface area contributed by atoms with E-state index in [1.54, 1.807) is 25.1 Å². The molecule has 1 rings (SSSR count). The van der Waals surface area contributed by atoms with Crippen molar-refractivity contribution >= 4 is 0 Å². The third-order valence-corrected chi connectivity index (χ3v) is 1.84. The first kappa shape index (κ1) is 12.0. The van der Waals surface area contributed by atoms with Gasteiger partial charge in [-0.3, -0.25) is 4.98 Å². The molecule has 0 saturated heterocycles. The van der Waals surface area contributed by atoms with Crippen LogP contribution in [0.15, 0.2) is 24.4 Å². The smallest absolute Gasteiger partial charge is 0.363 e. The first-order valence-electron chi connectivity index (χ1n) is 4.62. The van der Waals surface area contributed by atoms with E-state index < -0.39 is 18.9 Å². The van der Waals surface area contributed by atoms with Gasteiger partial charge in [-0.15, -0.1) is 0 Å². The van der Waals surface area contributed by atoms with E-state index in [-0.39, 0.29) is 0 Å². The fourth-order valence-electron chi connectivity index (χ4n) is 1.17. The fourth-order valence-corrected chi connectivity index (χ4v) is 1.17. The maximum atomic E-state index is 11.9. The molecule has 0 aliphatic rings. The van der Waals surface area contributed by atoms with Crippen LogP contribution in [0.25, 0.3) is 0 Å². The van der Waals surface area contributed by atoms with Crippen LogP contribution in [0.2, 0.25) is 0 Å². The SMILES string of the molecule is CCC(OCC(F)(F)F)c1ccccn1. The minimum Gasteiger partial charge on any atom is -0.363 e. The van der Waals surface area contributed by atoms with E-state index in [4.69, 9.17) is 4.74 Å². The topological polar surface area (TPSA) is 22.1 Å². The molecule has 84 valence electrons. The van der Waals surface area contributed by atoms with Crippen LogP contribution in [0.3, 0.4) is 0 Å². The Morgan fingerprint density at radius 3 is 2.60 bits per heavy atom. The van der Waals surface area contributed by atoms with Gasteiger partial charge in [0, 0.05) is 6.20 Å². The van der Waals surface area contributed by atoms with Gasteiger partial charge in [-0.25, -0.2) is 0 Å². The Morgan fingerprint density at radius 2 is 2.13 bits per heavy atom. The summed E-state index contributed by atoms with van der Waals surface area (Å²) in [5, 5.41) is 0. The van der Waals surface area contributed by atoms with E-state index in [0.717, 1.165) is 0 Å². The van der Waals surface area contributed by atoms with Gasteiger partial charge >= 0.3 is 6.18 Å². The number of ether oxygens (including phenoxy) is 1. The summed E-state index contributed by atoms with van der Waals surface area (Å²) in [7, 11) is 0. The van der Waals surface area contributed by atoms with Gasteiger partial charge in [0.25, 0.3) is 0 Å². The Bertz CT molecular complexity index is 286. The second-order valence-electron chi connectivity index (χ2n) is 3.08. The van der Waals surface area contributed by atoms with Crippen LogP contribution in [0.5, 0.6) is 0 Å². The molecule has 1 aromatic heterocycles. The molecular weight excluding hydrogens is 207 g/mol. The van der Waals surface area contributed by atoms with Gasteiger partial charge < -0.3 is 4.74 Å². The van der Waals surface area contributed by atoms with E-state index in [9.17, 15) is 13.2 Å². The lowest BCUT2D eigenvalue weighted by atomic mass is 10.2. The van der Waals surface area contributed by atoms with Gasteiger partial charge in [-0.2, -0.15) is 13.2 Å². The predicted molar refractivity (Wildman–Crippen MR) is 49.3 cm³/mol. The number of nitrogens with zero attached hydrogens (tertiary/aromatic N) is 1. The van der Waals surface area contributed by atoms with Crippen molar-refractivity contribution in [2.75, 3.05) is 6.61 Å². The standard InChI is InChI=1S/C10H12F3NO/c1-2-9(15-7-10(11,12)13)8-5-3-4-6-14-8/h3-6,9H,2,7H2,1H3. The van der Waals surface area contributed by atoms with Crippen molar-refractivity contribution in [2.45, 2.75) is 25.6 Å². The van der Waals surface area contributed by atoms with Gasteiger partial charge in [-0.05, 0) is 18.6 Å². The number of hydrogen-bond acceptors (Lipinski definition) is 2. The van der Waals surface area contributed by atoms with Crippen molar-refractivity contribution in [3.05, 3.63) is 30.1 Å². The molecule has 0 aromatic carbocycles. The van der Waals surface area contributed by atoms with E-state index in [1.165, 1.54) is 6.20 Å². The van der Waals surface area contributed by atoms with Gasteiger partial charge in [0.1, 0.15) is 6.61 Å². The molecule has 0 aliphatic heterocycles. The molecular formula is C10H12F3NO. The normalized spacial score (nSPS) is 13.9. The molecule has 0 saturated carbocycles. The molecule has 1 heterocycles. The molecule has 1 aromatic rings. The molecule has 2 nitrogen and oxygen atoms in total. The minimum atomic E-state index is -4.29. The molecule has 0 spiro atoms. The van der Waals surface area contributed by atoms with Crippen LogP contribution in [0.4, 0.5) is 13.2 Å². The zero-order valence-electron chi connectivity index (χ0n) is 8.29. The zero-order chi connectivity index (χ0) is 11.3. The maximum absolute atomic E-state index is 11.9. The number of hydrogen-bond donors (Lipinski definition) is 0. The van der Waals surface area contributed by atoms with Crippen LogP contribution < -0.4 is 0 Å². The lowest BCUT2D eigenvalue weighted by Gasteiger charge is -2.16. The highest BCUT2D eigenvalue weighted by Gasteiger charge is 2.29. The predicted octanol–water partition coefficient (Wildman–Crippen LogP) is 3.11. The molecule has 0 radical (unpaired) electrons. The van der Waals surface area contributed by atoms with E-state index in [1.807, 2.05) is 0 Å². The number of halogens is 3. The first-order chi connectivity index (χ1) is 7.03. The largest absolute Gasteiger partial charge is 0.411 e. The third kappa shape index (κ3) is 4.29. The molecule has 0 bridgehead atoms. The van der Waals surface area contributed by atoms with E-state index >= 15 is 0 Å². The molecule has 1 unspecified atom stereocenters. The Labute approximate surface area is 86.1 Å². The van der Waals surface area contributed by atoms with Gasteiger partial charge in [0.15, 0.2) is 0 Å². The number of pyridine rings is 1. The summed E-state index contributed by atoms with van der Waals surface area (Å²) < 4.78 is 40.5. The van der Waals surface area contributed by atoms with E-state index in [2.05, 4.69) is 4.98 Å². The third-order valence-electron chi connectivity index (χ3n) is 1.84. The number of rotatable bonds is 4. The summed E-state index contributed by atoms with van der Waals surface area (Å²) in [6, 6.07) is 5.09. The van der Waals surface area contributed by atoms with Crippen LogP contribution >= 0.6 is 0 Å². The summed E-state index contributed by atoms with van der Waals surface area (Å²) in [5.74, 6) is 0. The molecule has 0 amide bonds. The van der Waals surface area contributed by atoms with Crippen molar-refractivity contribution in [3.8, 4) is 0 Å². The van der Waals surface area contributed by atoms with E-state index in [0.29, 0.717) is 12.1 Å². The highest BCUT2D eigenvalue weighted by molar-refractivity contribution is 5.06. The molecule has 1 atom stereocenters. The number of alkyl halides is 3. The molecule has 0 N–H and O–H groups in total. The fraction of sp³-hybridized carbons (Fsp3) is 0.500. The molecule has 0 fully saturated rings. The van der Waals surface area contributed by atoms with Crippen molar-refractivity contribution in [3.63, 3.8) is 0 Å². The van der Waals surface area contributed by atoms with Crippen molar-refractivity contribution in [1.29, 1.82) is 0 Å². The molecule has 0 aliphatic carbocycles.